The van der Waals surface area contributed by atoms with Crippen molar-refractivity contribution in [1.82, 2.24) is 0 Å². The van der Waals surface area contributed by atoms with Crippen LogP contribution in [0.15, 0.2) is 0 Å². The van der Waals surface area contributed by atoms with Crippen LogP contribution in [0.25, 0.3) is 0 Å². The highest BCUT2D eigenvalue weighted by atomic mass is 127. The minimum atomic E-state index is -0.579. The summed E-state index contributed by atoms with van der Waals surface area (Å²) in [5, 5.41) is 0. The number of halogens is 1. The molecule has 0 heterocycles. The van der Waals surface area contributed by atoms with Gasteiger partial charge in [-0.3, -0.25) is 0 Å². The Morgan fingerprint density at radius 1 is 0.611 bits per heavy atom. The van der Waals surface area contributed by atoms with E-state index in [4.69, 9.17) is 0 Å². The first-order valence-electron chi connectivity index (χ1n) is 8.15. The lowest BCUT2D eigenvalue weighted by molar-refractivity contribution is 0.818. The molecule has 110 valence electrons. The summed E-state index contributed by atoms with van der Waals surface area (Å²) in [6.07, 6.45) is 18.0. The third kappa shape index (κ3) is 9.13. The van der Waals surface area contributed by atoms with Crippen molar-refractivity contribution in [2.45, 2.75) is 72.1 Å². The third-order valence-electron chi connectivity index (χ3n) is 3.97. The van der Waals surface area contributed by atoms with E-state index in [1.807, 2.05) is 0 Å². The van der Waals surface area contributed by atoms with Gasteiger partial charge in [-0.15, -0.1) is 0 Å². The van der Waals surface area contributed by atoms with Gasteiger partial charge in [-0.1, -0.05) is 62.6 Å². The van der Waals surface area contributed by atoms with Gasteiger partial charge in [0.25, 0.3) is 0 Å². The van der Waals surface area contributed by atoms with E-state index < -0.39 is 7.26 Å². The van der Waals surface area contributed by atoms with E-state index in [0.717, 1.165) is 0 Å². The Morgan fingerprint density at radius 2 is 1.00 bits per heavy atom. The predicted octanol–water partition coefficient (Wildman–Crippen LogP) is 6.62. The highest BCUT2D eigenvalue weighted by Gasteiger charge is 2.34. The lowest BCUT2D eigenvalue weighted by Gasteiger charge is -2.28. The van der Waals surface area contributed by atoms with E-state index >= 15 is 0 Å². The molecule has 0 radical (unpaired) electrons. The zero-order valence-corrected chi connectivity index (χ0v) is 16.1. The van der Waals surface area contributed by atoms with Gasteiger partial charge in [-0.25, -0.2) is 0 Å². The van der Waals surface area contributed by atoms with Gasteiger partial charge in [-0.05, 0) is 36.5 Å². The van der Waals surface area contributed by atoms with Crippen LogP contribution < -0.4 is 0 Å². The van der Waals surface area contributed by atoms with E-state index in [9.17, 15) is 0 Å². The molecular formula is C16H35IP+. The fourth-order valence-corrected chi connectivity index (χ4v) is 8.43. The summed E-state index contributed by atoms with van der Waals surface area (Å²) < 4.78 is 1.35. The van der Waals surface area contributed by atoms with Crippen molar-refractivity contribution in [2.24, 2.45) is 0 Å². The lowest BCUT2D eigenvalue weighted by atomic mass is 10.4. The van der Waals surface area contributed by atoms with Crippen LogP contribution in [-0.2, 0) is 0 Å². The molecule has 0 aromatic carbocycles. The Morgan fingerprint density at radius 3 is 1.33 bits per heavy atom. The molecule has 0 N–H and O–H groups in total. The second kappa shape index (κ2) is 13.2. The molecule has 18 heavy (non-hydrogen) atoms. The molecule has 0 aromatic rings. The van der Waals surface area contributed by atoms with E-state index in [2.05, 4.69) is 43.4 Å². The van der Waals surface area contributed by atoms with Gasteiger partial charge in [0.1, 0.15) is 0 Å². The molecule has 0 amide bonds. The molecule has 0 saturated carbocycles. The highest BCUT2D eigenvalue weighted by molar-refractivity contribution is 14.1. The van der Waals surface area contributed by atoms with Crippen LogP contribution in [0.5, 0.6) is 0 Å². The molecular weight excluding hydrogens is 350 g/mol. The molecule has 0 saturated heterocycles. The summed E-state index contributed by atoms with van der Waals surface area (Å²) >= 11 is 2.54. The molecule has 0 fully saturated rings. The molecule has 0 nitrogen and oxygen atoms in total. The van der Waals surface area contributed by atoms with Crippen LogP contribution in [0.1, 0.15) is 72.1 Å². The third-order valence-corrected chi connectivity index (χ3v) is 9.80. The number of alkyl halides is 1. The van der Waals surface area contributed by atoms with Crippen molar-refractivity contribution in [3.8, 4) is 0 Å². The number of unbranched alkanes of at least 4 members (excludes halogenated alkanes) is 4. The molecule has 0 aromatic heterocycles. The lowest BCUT2D eigenvalue weighted by Crippen LogP contribution is -2.13. The average molecular weight is 385 g/mol. The maximum atomic E-state index is 2.54. The van der Waals surface area contributed by atoms with E-state index in [1.54, 1.807) is 24.6 Å². The Hall–Kier alpha value is 1.16. The van der Waals surface area contributed by atoms with Gasteiger partial charge in [0.05, 0.1) is 24.6 Å². The van der Waals surface area contributed by atoms with Gasteiger partial charge >= 0.3 is 0 Å². The van der Waals surface area contributed by atoms with Crippen molar-refractivity contribution in [1.29, 1.82) is 0 Å². The molecule has 0 unspecified atom stereocenters. The van der Waals surface area contributed by atoms with Crippen molar-refractivity contribution in [3.63, 3.8) is 0 Å². The first-order chi connectivity index (χ1) is 8.74. The minimum Gasteiger partial charge on any atom is -0.0864 e. The van der Waals surface area contributed by atoms with Gasteiger partial charge in [0.2, 0.25) is 0 Å². The summed E-state index contributed by atoms with van der Waals surface area (Å²) in [6, 6.07) is 0. The van der Waals surface area contributed by atoms with Crippen molar-refractivity contribution >= 4 is 29.9 Å². The van der Waals surface area contributed by atoms with Crippen molar-refractivity contribution in [2.75, 3.05) is 29.1 Å². The Bertz CT molecular complexity index is 149. The second-order valence-electron chi connectivity index (χ2n) is 5.69. The maximum Gasteiger partial charge on any atom is 0.0594 e. The van der Waals surface area contributed by atoms with Crippen LogP contribution in [0.3, 0.4) is 0 Å². The molecule has 2 heteroatoms. The monoisotopic (exact) mass is 385 g/mol. The summed E-state index contributed by atoms with van der Waals surface area (Å²) in [4.78, 5) is 0. The average Bonchev–Trinajstić information content (AvgIpc) is 2.40. The summed E-state index contributed by atoms with van der Waals surface area (Å²) in [5.74, 6) is 0. The normalized spacial score (nSPS) is 12.0. The van der Waals surface area contributed by atoms with Crippen LogP contribution in [0.4, 0.5) is 0 Å². The fourth-order valence-electron chi connectivity index (χ4n) is 2.69. The molecule has 0 aliphatic heterocycles. The Kier molecular flexibility index (Phi) is 14.0. The van der Waals surface area contributed by atoms with Gasteiger partial charge in [0.15, 0.2) is 0 Å². The first-order valence-corrected chi connectivity index (χ1v) is 12.2. The molecule has 0 aliphatic carbocycles. The Labute approximate surface area is 131 Å². The Balaban J connectivity index is 4.41. The maximum absolute atomic E-state index is 2.54. The smallest absolute Gasteiger partial charge is 0.0594 e. The van der Waals surface area contributed by atoms with E-state index in [0.29, 0.717) is 0 Å². The van der Waals surface area contributed by atoms with Gasteiger partial charge < -0.3 is 0 Å². The molecule has 0 bridgehead atoms. The van der Waals surface area contributed by atoms with Crippen molar-refractivity contribution < 1.29 is 0 Å². The zero-order chi connectivity index (χ0) is 13.7. The molecule has 0 rings (SSSR count). The SMILES string of the molecule is CCCC[P+](CCCC)(CCCC)CCCCI. The van der Waals surface area contributed by atoms with Gasteiger partial charge in [-0.2, -0.15) is 0 Å². The second-order valence-corrected chi connectivity index (χ2v) is 11.2. The van der Waals surface area contributed by atoms with Gasteiger partial charge in [0, 0.05) is 7.26 Å². The quantitative estimate of drug-likeness (QED) is 0.145. The summed E-state index contributed by atoms with van der Waals surface area (Å²) in [6.45, 7) is 7.08. The molecule has 0 atom stereocenters. The molecule has 0 spiro atoms. The zero-order valence-electron chi connectivity index (χ0n) is 13.0. The predicted molar refractivity (Wildman–Crippen MR) is 99.2 cm³/mol. The van der Waals surface area contributed by atoms with E-state index in [1.165, 1.54) is 55.8 Å². The number of hydrogen-bond acceptors (Lipinski definition) is 0. The van der Waals surface area contributed by atoms with Crippen molar-refractivity contribution in [3.05, 3.63) is 0 Å². The summed E-state index contributed by atoms with van der Waals surface area (Å²) in [5.41, 5.74) is 0. The van der Waals surface area contributed by atoms with Crippen LogP contribution >= 0.6 is 29.9 Å². The minimum absolute atomic E-state index is 0.579. The summed E-state index contributed by atoms with van der Waals surface area (Å²) in [7, 11) is -0.579. The first kappa shape index (κ1) is 19.2. The van der Waals surface area contributed by atoms with Crippen LogP contribution in [0.2, 0.25) is 0 Å². The van der Waals surface area contributed by atoms with Crippen LogP contribution in [0, 0.1) is 0 Å². The van der Waals surface area contributed by atoms with E-state index in [-0.39, 0.29) is 0 Å². The topological polar surface area (TPSA) is 0 Å². The standard InChI is InChI=1S/C16H35IP/c1-4-7-13-18(14-8-5-2,15-9-6-3)16-11-10-12-17/h4-16H2,1-3H3/q+1. The molecule has 0 aliphatic rings. The number of rotatable bonds is 13. The highest BCUT2D eigenvalue weighted by Crippen LogP contribution is 2.61. The largest absolute Gasteiger partial charge is 0.0864 e. The van der Waals surface area contributed by atoms with Crippen LogP contribution in [-0.4, -0.2) is 29.1 Å². The number of hydrogen-bond donors (Lipinski definition) is 0. The fraction of sp³-hybridized carbons (Fsp3) is 1.00.